The van der Waals surface area contributed by atoms with E-state index in [-0.39, 0.29) is 5.75 Å². The molecule has 0 unspecified atom stereocenters. The maximum atomic E-state index is 12.4. The van der Waals surface area contributed by atoms with Crippen LogP contribution < -0.4 is 15.4 Å². The Labute approximate surface area is 227 Å². The topological polar surface area (TPSA) is 81.8 Å². The van der Waals surface area contributed by atoms with Crippen LogP contribution in [0, 0.1) is 0 Å². The predicted molar refractivity (Wildman–Crippen MR) is 145 cm³/mol. The third-order valence-electron chi connectivity index (χ3n) is 5.62. The molecule has 39 heavy (non-hydrogen) atoms. The molecule has 0 aliphatic carbocycles. The first kappa shape index (κ1) is 25.9. The summed E-state index contributed by atoms with van der Waals surface area (Å²) < 4.78 is 44.2. The van der Waals surface area contributed by atoms with Gasteiger partial charge in [-0.15, -0.1) is 18.3 Å². The summed E-state index contributed by atoms with van der Waals surface area (Å²) in [6.45, 7) is 0.631. The van der Waals surface area contributed by atoms with E-state index in [1.165, 1.54) is 35.3 Å². The van der Waals surface area contributed by atoms with Crippen molar-refractivity contribution >= 4 is 23.1 Å². The van der Waals surface area contributed by atoms with Crippen molar-refractivity contribution in [3.05, 3.63) is 103 Å². The monoisotopic (exact) mass is 549 g/mol. The Kier molecular flexibility index (Phi) is 7.55. The zero-order valence-electron chi connectivity index (χ0n) is 20.3. The number of nitrogens with zero attached hydrogens (tertiary/aromatic N) is 5. The summed E-state index contributed by atoms with van der Waals surface area (Å²) >= 11 is 5.45. The minimum absolute atomic E-state index is 0.299. The van der Waals surface area contributed by atoms with Gasteiger partial charge in [-0.25, -0.2) is 14.3 Å². The van der Waals surface area contributed by atoms with Crippen LogP contribution in [-0.2, 0) is 6.42 Å². The van der Waals surface area contributed by atoms with Crippen molar-refractivity contribution in [3.8, 4) is 28.5 Å². The molecule has 0 amide bonds. The van der Waals surface area contributed by atoms with E-state index in [1.807, 2.05) is 60.7 Å². The van der Waals surface area contributed by atoms with Crippen LogP contribution in [0.25, 0.3) is 22.8 Å². The molecule has 2 N–H and O–H groups in total. The lowest BCUT2D eigenvalue weighted by Gasteiger charge is -2.12. The molecule has 8 nitrogen and oxygen atoms in total. The maximum absolute atomic E-state index is 12.4. The number of ether oxygens (including phenoxy) is 1. The maximum Gasteiger partial charge on any atom is 0.573 e. The van der Waals surface area contributed by atoms with Crippen LogP contribution in [0.2, 0.25) is 0 Å². The Bertz CT molecular complexity index is 1530. The lowest BCUT2D eigenvalue weighted by atomic mass is 10.1. The Balaban J connectivity index is 1.13. The minimum Gasteiger partial charge on any atom is -0.406 e. The van der Waals surface area contributed by atoms with Gasteiger partial charge in [-0.05, 0) is 60.6 Å². The van der Waals surface area contributed by atoms with Crippen LogP contribution in [0.4, 0.5) is 19.0 Å². The predicted octanol–water partition coefficient (Wildman–Crippen LogP) is 5.55. The van der Waals surface area contributed by atoms with E-state index in [0.717, 1.165) is 29.1 Å². The number of thiocarbonyl (C=S) groups is 1. The average molecular weight is 550 g/mol. The first-order chi connectivity index (χ1) is 18.8. The van der Waals surface area contributed by atoms with Gasteiger partial charge in [-0.3, -0.25) is 0 Å². The number of para-hydroxylation sites is 1. The summed E-state index contributed by atoms with van der Waals surface area (Å²) in [4.78, 5) is 4.32. The van der Waals surface area contributed by atoms with Crippen molar-refractivity contribution in [1.82, 2.24) is 29.9 Å². The van der Waals surface area contributed by atoms with Gasteiger partial charge in [0.15, 0.2) is 10.9 Å². The van der Waals surface area contributed by atoms with E-state index < -0.39 is 6.36 Å². The molecule has 3 aromatic carbocycles. The average Bonchev–Trinajstić information content (AvgIpc) is 3.60. The molecule has 2 heterocycles. The first-order valence-corrected chi connectivity index (χ1v) is 12.3. The molecule has 12 heteroatoms. The highest BCUT2D eigenvalue weighted by molar-refractivity contribution is 7.80. The number of hydrogen-bond acceptors (Lipinski definition) is 5. The molecule has 0 fully saturated rings. The third-order valence-corrected chi connectivity index (χ3v) is 5.87. The molecule has 5 aromatic rings. The quantitative estimate of drug-likeness (QED) is 0.246. The standard InChI is InChI=1S/C27H22F3N7OS/c28-27(29,30)38-23-12-10-21(11-13-23)36-18-32-25(35-36)20-8-6-19(7-9-20)14-16-31-26(39)34-24-15-17-33-37(24)22-4-2-1-3-5-22/h1-13,15,17-18H,14,16H2,(H2,31,34,39). The van der Waals surface area contributed by atoms with Gasteiger partial charge in [0.1, 0.15) is 17.9 Å². The number of halogens is 3. The Morgan fingerprint density at radius 1 is 0.897 bits per heavy atom. The van der Waals surface area contributed by atoms with Crippen LogP contribution in [0.15, 0.2) is 97.5 Å². The second kappa shape index (κ2) is 11.4. The van der Waals surface area contributed by atoms with Crippen LogP contribution in [-0.4, -0.2) is 42.6 Å². The summed E-state index contributed by atoms with van der Waals surface area (Å²) in [6, 6.07) is 24.9. The van der Waals surface area contributed by atoms with Crippen molar-refractivity contribution in [1.29, 1.82) is 0 Å². The van der Waals surface area contributed by atoms with Gasteiger partial charge in [0.05, 0.1) is 17.6 Å². The Morgan fingerprint density at radius 3 is 2.36 bits per heavy atom. The fourth-order valence-corrected chi connectivity index (χ4v) is 4.00. The Hall–Kier alpha value is -4.71. The fourth-order valence-electron chi connectivity index (χ4n) is 3.79. The molecule has 0 atom stereocenters. The largest absolute Gasteiger partial charge is 0.573 e. The number of nitrogens with one attached hydrogen (secondary N) is 2. The smallest absolute Gasteiger partial charge is 0.406 e. The highest BCUT2D eigenvalue weighted by Crippen LogP contribution is 2.24. The van der Waals surface area contributed by atoms with Crippen molar-refractivity contribution in [2.24, 2.45) is 0 Å². The fraction of sp³-hybridized carbons (Fsp3) is 0.111. The molecule has 0 spiro atoms. The molecule has 0 saturated carbocycles. The molecule has 5 rings (SSSR count). The second-order valence-corrected chi connectivity index (χ2v) is 8.75. The van der Waals surface area contributed by atoms with Crippen LogP contribution in [0.1, 0.15) is 5.56 Å². The molecule has 0 aliphatic heterocycles. The second-order valence-electron chi connectivity index (χ2n) is 8.35. The zero-order chi connectivity index (χ0) is 27.2. The van der Waals surface area contributed by atoms with Crippen molar-refractivity contribution < 1.29 is 17.9 Å². The number of aromatic nitrogens is 5. The number of hydrogen-bond donors (Lipinski definition) is 2. The lowest BCUT2D eigenvalue weighted by Crippen LogP contribution is -2.31. The van der Waals surface area contributed by atoms with Gasteiger partial charge in [-0.1, -0.05) is 42.5 Å². The number of rotatable bonds is 8. The van der Waals surface area contributed by atoms with E-state index in [4.69, 9.17) is 12.2 Å². The molecule has 0 aliphatic rings. The highest BCUT2D eigenvalue weighted by atomic mass is 32.1. The van der Waals surface area contributed by atoms with Gasteiger partial charge in [0, 0.05) is 18.2 Å². The summed E-state index contributed by atoms with van der Waals surface area (Å²) in [7, 11) is 0. The summed E-state index contributed by atoms with van der Waals surface area (Å²) in [5.41, 5.74) is 3.40. The molecule has 198 valence electrons. The highest BCUT2D eigenvalue weighted by Gasteiger charge is 2.31. The van der Waals surface area contributed by atoms with Gasteiger partial charge < -0.3 is 15.4 Å². The van der Waals surface area contributed by atoms with Gasteiger partial charge >= 0.3 is 6.36 Å². The van der Waals surface area contributed by atoms with E-state index in [2.05, 4.69) is 30.6 Å². The van der Waals surface area contributed by atoms with Crippen molar-refractivity contribution in [2.75, 3.05) is 11.9 Å². The van der Waals surface area contributed by atoms with E-state index in [0.29, 0.717) is 23.2 Å². The number of anilines is 1. The lowest BCUT2D eigenvalue weighted by molar-refractivity contribution is -0.274. The molecule has 0 bridgehead atoms. The number of benzene rings is 3. The van der Waals surface area contributed by atoms with Gasteiger partial charge in [0.25, 0.3) is 0 Å². The summed E-state index contributed by atoms with van der Waals surface area (Å²) in [5.74, 6) is 0.961. The molecule has 2 aromatic heterocycles. The molecule has 0 saturated heterocycles. The normalized spacial score (nSPS) is 11.3. The van der Waals surface area contributed by atoms with Crippen LogP contribution >= 0.6 is 12.2 Å². The van der Waals surface area contributed by atoms with E-state index in [1.54, 1.807) is 10.9 Å². The van der Waals surface area contributed by atoms with Crippen LogP contribution in [0.3, 0.4) is 0 Å². The van der Waals surface area contributed by atoms with Crippen molar-refractivity contribution in [2.45, 2.75) is 12.8 Å². The molecular weight excluding hydrogens is 527 g/mol. The van der Waals surface area contributed by atoms with E-state index >= 15 is 0 Å². The van der Waals surface area contributed by atoms with E-state index in [9.17, 15) is 13.2 Å². The van der Waals surface area contributed by atoms with Gasteiger partial charge in [0.2, 0.25) is 0 Å². The first-order valence-electron chi connectivity index (χ1n) is 11.9. The third kappa shape index (κ3) is 6.79. The van der Waals surface area contributed by atoms with Gasteiger partial charge in [-0.2, -0.15) is 5.10 Å². The van der Waals surface area contributed by atoms with Crippen LogP contribution in [0.5, 0.6) is 5.75 Å². The Morgan fingerprint density at radius 2 is 1.64 bits per heavy atom. The number of alkyl halides is 3. The van der Waals surface area contributed by atoms with Crippen molar-refractivity contribution in [3.63, 3.8) is 0 Å². The molecular formula is C27H22F3N7OS. The molecule has 0 radical (unpaired) electrons. The summed E-state index contributed by atoms with van der Waals surface area (Å²) in [6.07, 6.45) is -0.778. The minimum atomic E-state index is -4.74. The zero-order valence-corrected chi connectivity index (χ0v) is 21.2. The SMILES string of the molecule is FC(F)(F)Oc1ccc(-n2cnc(-c3ccc(CCNC(=S)Nc4ccnn4-c4ccccc4)cc3)n2)cc1. The summed E-state index contributed by atoms with van der Waals surface area (Å²) in [5, 5.41) is 15.7.